The summed E-state index contributed by atoms with van der Waals surface area (Å²) >= 11 is 0. The molecule has 166 valence electrons. The van der Waals surface area contributed by atoms with Gasteiger partial charge in [0.25, 0.3) is 0 Å². The van der Waals surface area contributed by atoms with Crippen LogP contribution in [-0.2, 0) is 0 Å². The van der Waals surface area contributed by atoms with Gasteiger partial charge in [-0.05, 0) is 67.0 Å². The number of nitrogens with one attached hydrogen (secondary N) is 2. The molecule has 1 aromatic carbocycles. The fourth-order valence-electron chi connectivity index (χ4n) is 3.25. The van der Waals surface area contributed by atoms with E-state index in [2.05, 4.69) is 35.6 Å². The first kappa shape index (κ1) is 22.0. The number of allylic oxidation sites excluding steroid dienone is 1. The summed E-state index contributed by atoms with van der Waals surface area (Å²) in [6, 6.07) is 10.1. The second kappa shape index (κ2) is 10.4. The van der Waals surface area contributed by atoms with Crippen molar-refractivity contribution < 1.29 is 4.39 Å². The first-order valence-corrected chi connectivity index (χ1v) is 10.6. The molecule has 7 nitrogen and oxygen atoms in total. The van der Waals surface area contributed by atoms with E-state index in [0.717, 1.165) is 11.1 Å². The highest BCUT2D eigenvalue weighted by Gasteiger charge is 2.12. The largest absolute Gasteiger partial charge is 0.348 e. The smallest absolute Gasteiger partial charge is 0.233 e. The number of amidine groups is 1. The Morgan fingerprint density at radius 2 is 1.82 bits per heavy atom. The van der Waals surface area contributed by atoms with Crippen LogP contribution in [0.25, 0.3) is 12.2 Å². The minimum Gasteiger partial charge on any atom is -0.348 e. The Morgan fingerprint density at radius 1 is 1.00 bits per heavy atom. The van der Waals surface area contributed by atoms with Crippen molar-refractivity contribution in [2.75, 3.05) is 17.2 Å². The Labute approximate surface area is 192 Å². The van der Waals surface area contributed by atoms with Crippen LogP contribution in [-0.4, -0.2) is 32.3 Å². The maximum Gasteiger partial charge on any atom is 0.233 e. The average Bonchev–Trinajstić information content (AvgIpc) is 3.25. The van der Waals surface area contributed by atoms with Gasteiger partial charge >= 0.3 is 0 Å². The van der Waals surface area contributed by atoms with Crippen molar-refractivity contribution >= 4 is 29.9 Å². The average molecular weight is 442 g/mol. The summed E-state index contributed by atoms with van der Waals surface area (Å²) < 4.78 is 13.5. The van der Waals surface area contributed by atoms with Crippen LogP contribution in [0.1, 0.15) is 36.8 Å². The van der Waals surface area contributed by atoms with E-state index >= 15 is 0 Å². The summed E-state index contributed by atoms with van der Waals surface area (Å²) in [5, 5.41) is 6.47. The lowest BCUT2D eigenvalue weighted by molar-refractivity contribution is 0.627. The molecule has 1 atom stereocenters. The first-order chi connectivity index (χ1) is 16.1. The fourth-order valence-corrected chi connectivity index (χ4v) is 3.25. The maximum atomic E-state index is 13.5. The quantitative estimate of drug-likeness (QED) is 0.532. The van der Waals surface area contributed by atoms with Crippen LogP contribution in [0.2, 0.25) is 0 Å². The van der Waals surface area contributed by atoms with E-state index in [4.69, 9.17) is 0 Å². The molecule has 0 aliphatic carbocycles. The maximum absolute atomic E-state index is 13.5. The molecule has 4 rings (SSSR count). The highest BCUT2D eigenvalue weighted by molar-refractivity contribution is 6.05. The van der Waals surface area contributed by atoms with Gasteiger partial charge in [-0.25, -0.2) is 4.39 Å². The Hall–Kier alpha value is -4.20. The molecule has 1 aliphatic heterocycles. The summed E-state index contributed by atoms with van der Waals surface area (Å²) in [5.74, 6) is 1.59. The number of hydrogen-bond donors (Lipinski definition) is 2. The van der Waals surface area contributed by atoms with Crippen LogP contribution >= 0.6 is 0 Å². The highest BCUT2D eigenvalue weighted by atomic mass is 19.1. The monoisotopic (exact) mass is 441 g/mol. The van der Waals surface area contributed by atoms with Gasteiger partial charge in [-0.1, -0.05) is 30.4 Å². The van der Waals surface area contributed by atoms with Crippen molar-refractivity contribution in [3.8, 4) is 0 Å². The molecule has 0 saturated carbocycles. The first-order valence-electron chi connectivity index (χ1n) is 10.6. The molecule has 0 radical (unpaired) electrons. The van der Waals surface area contributed by atoms with Gasteiger partial charge in [-0.2, -0.15) is 15.0 Å². The molecule has 1 aliphatic rings. The molecule has 33 heavy (non-hydrogen) atoms. The summed E-state index contributed by atoms with van der Waals surface area (Å²) in [4.78, 5) is 22.1. The van der Waals surface area contributed by atoms with Gasteiger partial charge in [0, 0.05) is 12.4 Å². The summed E-state index contributed by atoms with van der Waals surface area (Å²) in [7, 11) is 0. The van der Waals surface area contributed by atoms with Gasteiger partial charge in [0.1, 0.15) is 11.7 Å². The third-order valence-corrected chi connectivity index (χ3v) is 4.85. The highest BCUT2D eigenvalue weighted by Crippen LogP contribution is 2.18. The number of halogens is 1. The standard InChI is InChI=1S/C25H24FN7/c1-3-5-19-15-23(28-16-19)32-25-31-22(9-8-18-6-4-7-21(26)14-18)30-24(33-25)29-17(2)20-10-12-27-13-11-20/h3-15,17H,16H2,1-2H3,(H2,28,29,30,31,32,33)/b5-3+,9-8+. The van der Waals surface area contributed by atoms with Crippen molar-refractivity contribution in [1.82, 2.24) is 19.9 Å². The molecule has 0 bridgehead atoms. The van der Waals surface area contributed by atoms with Crippen molar-refractivity contribution in [2.45, 2.75) is 19.9 Å². The molecule has 1 unspecified atom stereocenters. The van der Waals surface area contributed by atoms with Crippen molar-refractivity contribution in [1.29, 1.82) is 0 Å². The molecular formula is C25H24FN7. The van der Waals surface area contributed by atoms with Crippen LogP contribution in [0, 0.1) is 5.82 Å². The van der Waals surface area contributed by atoms with E-state index in [1.807, 2.05) is 50.3 Å². The Kier molecular flexibility index (Phi) is 6.94. The van der Waals surface area contributed by atoms with E-state index in [0.29, 0.717) is 35.7 Å². The van der Waals surface area contributed by atoms with Crippen LogP contribution < -0.4 is 10.6 Å². The Bertz CT molecular complexity index is 1230. The third-order valence-electron chi connectivity index (χ3n) is 4.85. The van der Waals surface area contributed by atoms with Gasteiger partial charge < -0.3 is 10.6 Å². The summed E-state index contributed by atoms with van der Waals surface area (Å²) in [5.41, 5.74) is 2.87. The zero-order valence-corrected chi connectivity index (χ0v) is 18.4. The summed E-state index contributed by atoms with van der Waals surface area (Å²) in [6.45, 7) is 4.59. The van der Waals surface area contributed by atoms with Gasteiger partial charge in [0.05, 0.1) is 12.6 Å². The number of rotatable bonds is 7. The normalized spacial score (nSPS) is 14.4. The number of nitrogens with zero attached hydrogens (tertiary/aromatic N) is 5. The van der Waals surface area contributed by atoms with E-state index in [-0.39, 0.29) is 11.9 Å². The predicted molar refractivity (Wildman–Crippen MR) is 130 cm³/mol. The second-order valence-corrected chi connectivity index (χ2v) is 7.42. The third kappa shape index (κ3) is 6.16. The minimum absolute atomic E-state index is 0.0479. The zero-order valence-electron chi connectivity index (χ0n) is 18.4. The van der Waals surface area contributed by atoms with Crippen molar-refractivity contribution in [2.24, 2.45) is 4.99 Å². The lowest BCUT2D eigenvalue weighted by atomic mass is 10.1. The van der Waals surface area contributed by atoms with E-state index in [9.17, 15) is 4.39 Å². The van der Waals surface area contributed by atoms with Gasteiger partial charge in [-0.3, -0.25) is 9.98 Å². The number of benzene rings is 1. The van der Waals surface area contributed by atoms with Crippen LogP contribution in [0.3, 0.4) is 0 Å². The predicted octanol–water partition coefficient (Wildman–Crippen LogP) is 5.08. The lowest BCUT2D eigenvalue weighted by Crippen LogP contribution is -2.15. The Morgan fingerprint density at radius 3 is 2.61 bits per heavy atom. The molecule has 0 fully saturated rings. The van der Waals surface area contributed by atoms with Crippen molar-refractivity contribution in [3.05, 3.63) is 95.4 Å². The van der Waals surface area contributed by atoms with E-state index in [1.165, 1.54) is 12.1 Å². The number of pyridine rings is 1. The number of aromatic nitrogens is 4. The molecule has 8 heteroatoms. The van der Waals surface area contributed by atoms with Gasteiger partial charge in [-0.15, -0.1) is 0 Å². The fraction of sp³-hybridized carbons (Fsp3) is 0.160. The number of aliphatic imine (C=N–C) groups is 1. The molecule has 2 N–H and O–H groups in total. The van der Waals surface area contributed by atoms with E-state index < -0.39 is 0 Å². The molecule has 2 aromatic heterocycles. The second-order valence-electron chi connectivity index (χ2n) is 7.42. The van der Waals surface area contributed by atoms with Crippen LogP contribution in [0.15, 0.2) is 77.6 Å². The number of anilines is 2. The molecule has 3 heterocycles. The van der Waals surface area contributed by atoms with Crippen LogP contribution in [0.4, 0.5) is 16.3 Å². The Balaban J connectivity index is 1.61. The minimum atomic E-state index is -0.299. The topological polar surface area (TPSA) is 88.0 Å². The van der Waals surface area contributed by atoms with Crippen LogP contribution in [0.5, 0.6) is 0 Å². The van der Waals surface area contributed by atoms with E-state index in [1.54, 1.807) is 30.6 Å². The van der Waals surface area contributed by atoms with Crippen molar-refractivity contribution in [3.63, 3.8) is 0 Å². The summed E-state index contributed by atoms with van der Waals surface area (Å²) in [6.07, 6.45) is 12.9. The van der Waals surface area contributed by atoms with Gasteiger partial charge in [0.2, 0.25) is 11.9 Å². The van der Waals surface area contributed by atoms with Gasteiger partial charge in [0.15, 0.2) is 5.82 Å². The molecule has 0 saturated heterocycles. The zero-order chi connectivity index (χ0) is 23.0. The molecule has 0 amide bonds. The lowest BCUT2D eigenvalue weighted by Gasteiger charge is -2.15. The number of hydrogen-bond acceptors (Lipinski definition) is 7. The molecular weight excluding hydrogens is 417 g/mol. The SMILES string of the molecule is C/C=C/C1=CC(Nc2nc(/C=C/c3cccc(F)c3)nc(NC(C)c3ccncc3)n2)=NC1. The molecule has 3 aromatic rings. The molecule has 0 spiro atoms.